The molecule has 0 bridgehead atoms. The van der Waals surface area contributed by atoms with E-state index in [2.05, 4.69) is 5.16 Å². The number of aryl methyl sites for hydroxylation is 2. The highest BCUT2D eigenvalue weighted by Gasteiger charge is 2.27. The summed E-state index contributed by atoms with van der Waals surface area (Å²) in [7, 11) is 0. The van der Waals surface area contributed by atoms with Crippen molar-refractivity contribution in [1.29, 1.82) is 0 Å². The van der Waals surface area contributed by atoms with E-state index in [4.69, 9.17) is 14.2 Å². The summed E-state index contributed by atoms with van der Waals surface area (Å²) in [6.07, 6.45) is 0.960. The Hall–Kier alpha value is -2.51. The number of thiophene rings is 1. The van der Waals surface area contributed by atoms with Crippen LogP contribution in [-0.2, 0) is 22.4 Å². The van der Waals surface area contributed by atoms with E-state index in [0.717, 1.165) is 40.4 Å². The molecule has 146 valence electrons. The van der Waals surface area contributed by atoms with Crippen molar-refractivity contribution < 1.29 is 14.1 Å². The molecule has 1 aliphatic heterocycles. The summed E-state index contributed by atoms with van der Waals surface area (Å²) in [6.45, 7) is 5.61. The second kappa shape index (κ2) is 8.24. The molecule has 1 aliphatic rings. The van der Waals surface area contributed by atoms with Crippen LogP contribution >= 0.6 is 11.3 Å². The summed E-state index contributed by atoms with van der Waals surface area (Å²) in [5, 5.41) is 8.10. The Bertz CT molecular complexity index is 952. The molecule has 6 nitrogen and oxygen atoms in total. The number of hydrogen-bond donors (Lipinski definition) is 0. The molecule has 4 heterocycles. The maximum absolute atomic E-state index is 12.7. The van der Waals surface area contributed by atoms with E-state index in [9.17, 15) is 4.79 Å². The molecule has 0 unspecified atom stereocenters. The molecule has 1 amide bonds. The molecule has 0 N–H and O–H groups in total. The fourth-order valence-corrected chi connectivity index (χ4v) is 4.16. The Morgan fingerprint density at radius 1 is 1.36 bits per heavy atom. The van der Waals surface area contributed by atoms with Crippen LogP contribution in [0.1, 0.15) is 35.7 Å². The summed E-state index contributed by atoms with van der Waals surface area (Å²) in [4.78, 5) is 19.4. The summed E-state index contributed by atoms with van der Waals surface area (Å²) in [5.41, 5.74) is 4.50. The molecule has 4 rings (SSSR count). The highest BCUT2D eigenvalue weighted by molar-refractivity contribution is 7.08. The minimum atomic E-state index is -0.231. The second-order valence-electron chi connectivity index (χ2n) is 6.87. The number of amides is 1. The Morgan fingerprint density at radius 3 is 3.04 bits per heavy atom. The normalized spacial score (nSPS) is 17.1. The number of carbonyl (C=O) groups is 1. The summed E-state index contributed by atoms with van der Waals surface area (Å²) in [5.74, 6) is 0.963. The fourth-order valence-electron chi connectivity index (χ4n) is 3.49. The van der Waals surface area contributed by atoms with Crippen LogP contribution in [0.2, 0.25) is 0 Å². The first kappa shape index (κ1) is 18.8. The van der Waals surface area contributed by atoms with Crippen molar-refractivity contribution in [3.05, 3.63) is 57.7 Å². The van der Waals surface area contributed by atoms with E-state index < -0.39 is 0 Å². The third-order valence-corrected chi connectivity index (χ3v) is 5.70. The average molecular weight is 398 g/mol. The van der Waals surface area contributed by atoms with Gasteiger partial charge in [0.15, 0.2) is 0 Å². The van der Waals surface area contributed by atoms with E-state index in [1.54, 1.807) is 11.3 Å². The van der Waals surface area contributed by atoms with Gasteiger partial charge >= 0.3 is 0 Å². The standard InChI is InChI=1S/C21H23N3O3S/c1-3-18-21(14(2)23-27-18)17-6-4-5-16(22-17)19-12-24(8-9-26-19)20(25)11-15-7-10-28-13-15/h4-7,10,13,19H,3,8-9,11-12H2,1-2H3/t19-/m0/s1. The van der Waals surface area contributed by atoms with Gasteiger partial charge in [0.1, 0.15) is 11.9 Å². The quantitative estimate of drug-likeness (QED) is 0.655. The van der Waals surface area contributed by atoms with Gasteiger partial charge in [-0.3, -0.25) is 4.79 Å². The molecule has 0 aromatic carbocycles. The SMILES string of the molecule is CCc1onc(C)c1-c1cccc([C@@H]2CN(C(=O)Cc3ccsc3)CCO2)n1. The summed E-state index contributed by atoms with van der Waals surface area (Å²) >= 11 is 1.61. The number of rotatable bonds is 5. The zero-order valence-corrected chi connectivity index (χ0v) is 16.9. The highest BCUT2D eigenvalue weighted by Crippen LogP contribution is 2.29. The van der Waals surface area contributed by atoms with E-state index in [-0.39, 0.29) is 12.0 Å². The number of carbonyl (C=O) groups excluding carboxylic acids is 1. The van der Waals surface area contributed by atoms with Gasteiger partial charge in [0.05, 0.1) is 42.2 Å². The number of morpholine rings is 1. The fraction of sp³-hybridized carbons (Fsp3) is 0.381. The van der Waals surface area contributed by atoms with E-state index >= 15 is 0 Å². The van der Waals surface area contributed by atoms with Gasteiger partial charge in [-0.25, -0.2) is 4.98 Å². The Balaban J connectivity index is 1.52. The molecule has 3 aromatic heterocycles. The van der Waals surface area contributed by atoms with Crippen LogP contribution in [0.25, 0.3) is 11.3 Å². The number of hydrogen-bond acceptors (Lipinski definition) is 6. The van der Waals surface area contributed by atoms with Crippen LogP contribution in [0.4, 0.5) is 0 Å². The lowest BCUT2D eigenvalue weighted by Crippen LogP contribution is -2.43. The van der Waals surface area contributed by atoms with Crippen molar-refractivity contribution in [2.75, 3.05) is 19.7 Å². The van der Waals surface area contributed by atoms with Crippen LogP contribution < -0.4 is 0 Å². The Morgan fingerprint density at radius 2 is 2.25 bits per heavy atom. The molecule has 0 aliphatic carbocycles. The maximum atomic E-state index is 12.7. The van der Waals surface area contributed by atoms with Crippen molar-refractivity contribution in [1.82, 2.24) is 15.0 Å². The first-order valence-electron chi connectivity index (χ1n) is 9.48. The highest BCUT2D eigenvalue weighted by atomic mass is 32.1. The van der Waals surface area contributed by atoms with Crippen molar-refractivity contribution in [2.45, 2.75) is 32.8 Å². The predicted octanol–water partition coefficient (Wildman–Crippen LogP) is 3.81. The lowest BCUT2D eigenvalue weighted by Gasteiger charge is -2.32. The minimum Gasteiger partial charge on any atom is -0.368 e. The maximum Gasteiger partial charge on any atom is 0.227 e. The first-order chi connectivity index (χ1) is 13.7. The molecule has 3 aromatic rings. The molecule has 7 heteroatoms. The molecule has 0 saturated carbocycles. The largest absolute Gasteiger partial charge is 0.368 e. The summed E-state index contributed by atoms with van der Waals surface area (Å²) in [6, 6.07) is 7.89. The van der Waals surface area contributed by atoms with Crippen LogP contribution in [0.15, 0.2) is 39.5 Å². The zero-order valence-electron chi connectivity index (χ0n) is 16.1. The van der Waals surface area contributed by atoms with Gasteiger partial charge in [-0.2, -0.15) is 11.3 Å². The van der Waals surface area contributed by atoms with Crippen LogP contribution in [0.3, 0.4) is 0 Å². The smallest absolute Gasteiger partial charge is 0.227 e. The average Bonchev–Trinajstić information content (AvgIpc) is 3.37. The molecule has 0 radical (unpaired) electrons. The Labute approximate surface area is 168 Å². The molecule has 1 fully saturated rings. The van der Waals surface area contributed by atoms with Gasteiger partial charge in [-0.05, 0) is 41.4 Å². The van der Waals surface area contributed by atoms with Gasteiger partial charge in [0.25, 0.3) is 0 Å². The van der Waals surface area contributed by atoms with Gasteiger partial charge in [-0.1, -0.05) is 18.1 Å². The van der Waals surface area contributed by atoms with Crippen molar-refractivity contribution in [3.63, 3.8) is 0 Å². The van der Waals surface area contributed by atoms with E-state index in [1.807, 2.05) is 53.8 Å². The molecular weight excluding hydrogens is 374 g/mol. The van der Waals surface area contributed by atoms with Crippen molar-refractivity contribution in [3.8, 4) is 11.3 Å². The molecule has 1 atom stereocenters. The monoisotopic (exact) mass is 397 g/mol. The summed E-state index contributed by atoms with van der Waals surface area (Å²) < 4.78 is 11.4. The Kier molecular flexibility index (Phi) is 5.54. The van der Waals surface area contributed by atoms with Gasteiger partial charge in [0.2, 0.25) is 5.91 Å². The third kappa shape index (κ3) is 3.86. The minimum absolute atomic E-state index is 0.131. The van der Waals surface area contributed by atoms with E-state index in [1.165, 1.54) is 0 Å². The first-order valence-corrected chi connectivity index (χ1v) is 10.4. The van der Waals surface area contributed by atoms with Gasteiger partial charge in [0, 0.05) is 13.0 Å². The van der Waals surface area contributed by atoms with Crippen LogP contribution in [0, 0.1) is 6.92 Å². The molecule has 28 heavy (non-hydrogen) atoms. The second-order valence-corrected chi connectivity index (χ2v) is 7.66. The van der Waals surface area contributed by atoms with Crippen LogP contribution in [0.5, 0.6) is 0 Å². The van der Waals surface area contributed by atoms with Gasteiger partial charge in [-0.15, -0.1) is 0 Å². The van der Waals surface area contributed by atoms with Gasteiger partial charge < -0.3 is 14.2 Å². The zero-order chi connectivity index (χ0) is 19.5. The number of aromatic nitrogens is 2. The van der Waals surface area contributed by atoms with Crippen LogP contribution in [-0.4, -0.2) is 40.6 Å². The van der Waals surface area contributed by atoms with Crippen molar-refractivity contribution >= 4 is 17.2 Å². The molecule has 0 spiro atoms. The lowest BCUT2D eigenvalue weighted by atomic mass is 10.1. The number of ether oxygens (including phenoxy) is 1. The number of pyridine rings is 1. The molecule has 1 saturated heterocycles. The topological polar surface area (TPSA) is 68.5 Å². The number of nitrogens with zero attached hydrogens (tertiary/aromatic N) is 3. The molecular formula is C21H23N3O3S. The third-order valence-electron chi connectivity index (χ3n) is 4.97. The predicted molar refractivity (Wildman–Crippen MR) is 107 cm³/mol. The van der Waals surface area contributed by atoms with Crippen molar-refractivity contribution in [2.24, 2.45) is 0 Å². The van der Waals surface area contributed by atoms with E-state index in [0.29, 0.717) is 26.1 Å². The lowest BCUT2D eigenvalue weighted by molar-refractivity contribution is -0.138.